The van der Waals surface area contributed by atoms with Crippen molar-refractivity contribution >= 4 is 29.3 Å². The highest BCUT2D eigenvalue weighted by Crippen LogP contribution is 2.31. The Kier molecular flexibility index (Phi) is 7.03. The second kappa shape index (κ2) is 10.4. The third-order valence-corrected chi connectivity index (χ3v) is 7.63. The summed E-state index contributed by atoms with van der Waals surface area (Å²) in [6.07, 6.45) is 1.75. The topological polar surface area (TPSA) is 89.5 Å². The number of hydrogen-bond donors (Lipinski definition) is 0. The van der Waals surface area contributed by atoms with Gasteiger partial charge in [-0.25, -0.2) is 9.79 Å². The van der Waals surface area contributed by atoms with E-state index in [0.717, 1.165) is 37.6 Å². The van der Waals surface area contributed by atoms with Crippen LogP contribution in [0.5, 0.6) is 5.75 Å². The summed E-state index contributed by atoms with van der Waals surface area (Å²) in [6, 6.07) is 10.5. The molecule has 3 aromatic rings. The molecule has 0 spiro atoms. The van der Waals surface area contributed by atoms with Gasteiger partial charge in [0.15, 0.2) is 10.7 Å². The Morgan fingerprint density at radius 2 is 1.89 bits per heavy atom. The maximum Gasteiger partial charge on any atom is 0.338 e. The van der Waals surface area contributed by atoms with Gasteiger partial charge in [0.2, 0.25) is 0 Å². The lowest BCUT2D eigenvalue weighted by molar-refractivity contribution is -0.139. The highest BCUT2D eigenvalue weighted by molar-refractivity contribution is 7.07. The van der Waals surface area contributed by atoms with Crippen LogP contribution in [0, 0.1) is 0 Å². The number of rotatable bonds is 6. The van der Waals surface area contributed by atoms with Crippen LogP contribution in [0.25, 0.3) is 6.08 Å². The summed E-state index contributed by atoms with van der Waals surface area (Å²) in [5, 5.41) is 0. The number of nitrogens with zero attached hydrogens (tertiary/aromatic N) is 4. The summed E-state index contributed by atoms with van der Waals surface area (Å²) >= 11 is 1.28. The molecule has 9 nitrogen and oxygen atoms in total. The second-order valence-electron chi connectivity index (χ2n) is 9.04. The van der Waals surface area contributed by atoms with Crippen molar-refractivity contribution in [2.24, 2.45) is 4.99 Å². The van der Waals surface area contributed by atoms with E-state index in [1.807, 2.05) is 36.4 Å². The molecule has 10 heteroatoms. The van der Waals surface area contributed by atoms with E-state index in [2.05, 4.69) is 21.8 Å². The molecule has 0 N–H and O–H groups in total. The Labute approximate surface area is 218 Å². The maximum absolute atomic E-state index is 13.7. The molecular weight excluding hydrogens is 492 g/mol. The van der Waals surface area contributed by atoms with Gasteiger partial charge in [-0.05, 0) is 44.7 Å². The Morgan fingerprint density at radius 1 is 1.16 bits per heavy atom. The number of methoxy groups -OCH3 is 1. The molecule has 0 bridgehead atoms. The minimum absolute atomic E-state index is 0.226. The first-order valence-electron chi connectivity index (χ1n) is 12.3. The van der Waals surface area contributed by atoms with E-state index >= 15 is 0 Å². The Morgan fingerprint density at radius 3 is 2.57 bits per heavy atom. The van der Waals surface area contributed by atoms with Crippen LogP contribution in [0.3, 0.4) is 0 Å². The van der Waals surface area contributed by atoms with Gasteiger partial charge in [0.05, 0.1) is 35.6 Å². The van der Waals surface area contributed by atoms with Crippen molar-refractivity contribution in [3.05, 3.63) is 78.7 Å². The largest absolute Gasteiger partial charge is 0.497 e. The van der Waals surface area contributed by atoms with Crippen molar-refractivity contribution < 1.29 is 18.7 Å². The number of aromatic nitrogens is 1. The number of esters is 1. The number of hydrogen-bond acceptors (Lipinski definition) is 9. The van der Waals surface area contributed by atoms with Gasteiger partial charge in [-0.2, -0.15) is 0 Å². The zero-order valence-electron chi connectivity index (χ0n) is 21.4. The quantitative estimate of drug-likeness (QED) is 0.459. The van der Waals surface area contributed by atoms with Gasteiger partial charge >= 0.3 is 5.97 Å². The van der Waals surface area contributed by atoms with E-state index in [-0.39, 0.29) is 12.2 Å². The van der Waals surface area contributed by atoms with Crippen molar-refractivity contribution in [1.82, 2.24) is 9.47 Å². The fourth-order valence-corrected chi connectivity index (χ4v) is 5.67. The van der Waals surface area contributed by atoms with E-state index < -0.39 is 12.0 Å². The molecule has 1 aromatic carbocycles. The number of ether oxygens (including phenoxy) is 2. The number of likely N-dealkylation sites (N-methyl/N-ethyl adjacent to an activating group) is 1. The van der Waals surface area contributed by atoms with Crippen LogP contribution in [-0.2, 0) is 9.53 Å². The van der Waals surface area contributed by atoms with Crippen molar-refractivity contribution in [2.75, 3.05) is 51.8 Å². The molecule has 5 rings (SSSR count). The molecule has 2 aliphatic heterocycles. The van der Waals surface area contributed by atoms with Crippen LogP contribution >= 0.6 is 11.3 Å². The van der Waals surface area contributed by atoms with Gasteiger partial charge in [-0.15, -0.1) is 0 Å². The number of piperazine rings is 1. The minimum atomic E-state index is -0.666. The predicted octanol–water partition coefficient (Wildman–Crippen LogP) is 2.15. The average molecular weight is 523 g/mol. The Balaban J connectivity index is 1.57. The fraction of sp³-hybridized carbons (Fsp3) is 0.370. The Hall–Kier alpha value is -3.63. The third kappa shape index (κ3) is 4.86. The van der Waals surface area contributed by atoms with E-state index in [0.29, 0.717) is 32.1 Å². The predicted molar refractivity (Wildman–Crippen MR) is 142 cm³/mol. The van der Waals surface area contributed by atoms with Crippen molar-refractivity contribution in [2.45, 2.75) is 19.9 Å². The van der Waals surface area contributed by atoms with Crippen LogP contribution in [0.4, 0.5) is 5.88 Å². The number of thiazole rings is 1. The standard InChI is InChI=1S/C27H30N4O5S/c1-5-35-26(33)23-17(2)28-27-31(24(23)18-6-8-19(34-4)9-7-18)25(32)21(37-27)16-20-10-11-22(36-20)30-14-12-29(3)13-15-30/h6-11,16,24H,5,12-15H2,1-4H3/b21-16+. The number of fused-ring (bicyclic) bond motifs is 1. The van der Waals surface area contributed by atoms with Gasteiger partial charge in [0, 0.05) is 38.3 Å². The van der Waals surface area contributed by atoms with Crippen LogP contribution in [0.1, 0.15) is 31.2 Å². The van der Waals surface area contributed by atoms with Crippen LogP contribution in [-0.4, -0.2) is 62.4 Å². The highest BCUT2D eigenvalue weighted by Gasteiger charge is 2.33. The van der Waals surface area contributed by atoms with Gasteiger partial charge in [0.1, 0.15) is 11.5 Å². The fourth-order valence-electron chi connectivity index (χ4n) is 4.64. The molecule has 194 valence electrons. The summed E-state index contributed by atoms with van der Waals surface area (Å²) in [7, 11) is 3.70. The summed E-state index contributed by atoms with van der Waals surface area (Å²) in [4.78, 5) is 36.4. The van der Waals surface area contributed by atoms with Gasteiger partial charge in [0.25, 0.3) is 5.56 Å². The second-order valence-corrected chi connectivity index (χ2v) is 10.1. The van der Waals surface area contributed by atoms with Crippen LogP contribution in [0.15, 0.2) is 61.9 Å². The number of anilines is 1. The third-order valence-electron chi connectivity index (χ3n) is 6.65. The lowest BCUT2D eigenvalue weighted by Gasteiger charge is -2.32. The van der Waals surface area contributed by atoms with Crippen LogP contribution in [0.2, 0.25) is 0 Å². The molecule has 37 heavy (non-hydrogen) atoms. The summed E-state index contributed by atoms with van der Waals surface area (Å²) in [5.41, 5.74) is 1.40. The number of furan rings is 1. The molecule has 1 unspecified atom stereocenters. The minimum Gasteiger partial charge on any atom is -0.497 e. The van der Waals surface area contributed by atoms with Crippen molar-refractivity contribution in [3.8, 4) is 5.75 Å². The molecular formula is C27H30N4O5S. The Bertz CT molecular complexity index is 1510. The number of allylic oxidation sites excluding steroid dienone is 1. The van der Waals surface area contributed by atoms with Crippen molar-refractivity contribution in [3.63, 3.8) is 0 Å². The van der Waals surface area contributed by atoms with Crippen molar-refractivity contribution in [1.29, 1.82) is 0 Å². The average Bonchev–Trinajstić information content (AvgIpc) is 3.48. The van der Waals surface area contributed by atoms with Crippen LogP contribution < -0.4 is 24.5 Å². The molecule has 2 aliphatic rings. The molecule has 1 atom stereocenters. The number of benzene rings is 1. The monoisotopic (exact) mass is 522 g/mol. The molecule has 0 radical (unpaired) electrons. The van der Waals surface area contributed by atoms with Gasteiger partial charge in [-0.3, -0.25) is 9.36 Å². The molecule has 0 saturated carbocycles. The normalized spacial score (nSPS) is 18.5. The lowest BCUT2D eigenvalue weighted by Crippen LogP contribution is -2.44. The van der Waals surface area contributed by atoms with Gasteiger partial charge in [-0.1, -0.05) is 23.5 Å². The smallest absolute Gasteiger partial charge is 0.338 e. The van der Waals surface area contributed by atoms with Gasteiger partial charge < -0.3 is 23.7 Å². The molecule has 1 saturated heterocycles. The molecule has 2 aromatic heterocycles. The molecule has 1 fully saturated rings. The zero-order chi connectivity index (χ0) is 26.1. The zero-order valence-corrected chi connectivity index (χ0v) is 22.2. The highest BCUT2D eigenvalue weighted by atomic mass is 32.1. The molecule has 0 amide bonds. The first-order valence-corrected chi connectivity index (χ1v) is 13.1. The first kappa shape index (κ1) is 25.0. The van der Waals surface area contributed by atoms with E-state index in [9.17, 15) is 9.59 Å². The summed E-state index contributed by atoms with van der Waals surface area (Å²) in [6.45, 7) is 7.49. The number of carbonyl (C=O) groups excluding carboxylic acids is 1. The SMILES string of the molecule is CCOC(=O)C1=C(C)N=c2s/c(=C/c3ccc(N4CCN(C)CC4)o3)c(=O)n2C1c1ccc(OC)cc1. The lowest BCUT2D eigenvalue weighted by atomic mass is 9.96. The summed E-state index contributed by atoms with van der Waals surface area (Å²) in [5.74, 6) is 1.59. The van der Waals surface area contributed by atoms with E-state index in [4.69, 9.17) is 13.9 Å². The maximum atomic E-state index is 13.7. The molecule has 0 aliphatic carbocycles. The molecule has 4 heterocycles. The van der Waals surface area contributed by atoms with E-state index in [1.165, 1.54) is 11.3 Å². The number of carbonyl (C=O) groups is 1. The van der Waals surface area contributed by atoms with E-state index in [1.54, 1.807) is 31.6 Å². The summed E-state index contributed by atoms with van der Waals surface area (Å²) < 4.78 is 18.8. The first-order chi connectivity index (χ1) is 17.9.